The molecule has 0 radical (unpaired) electrons. The molecule has 3 heteroatoms. The van der Waals surface area contributed by atoms with Gasteiger partial charge in [-0.05, 0) is 29.0 Å². The molecular formula is C16H9NO2. The first kappa shape index (κ1) is 10.3. The highest BCUT2D eigenvalue weighted by atomic mass is 16.1. The lowest BCUT2D eigenvalue weighted by Crippen LogP contribution is -2.20. The first-order chi connectivity index (χ1) is 9.25. The predicted molar refractivity (Wildman–Crippen MR) is 71.6 cm³/mol. The average molecular weight is 247 g/mol. The number of hydrogen-bond donors (Lipinski definition) is 1. The highest BCUT2D eigenvalue weighted by molar-refractivity contribution is 6.28. The van der Waals surface area contributed by atoms with E-state index in [0.717, 1.165) is 10.8 Å². The zero-order chi connectivity index (χ0) is 13.0. The van der Waals surface area contributed by atoms with Crippen LogP contribution in [0, 0.1) is 0 Å². The van der Waals surface area contributed by atoms with E-state index in [0.29, 0.717) is 22.4 Å². The number of carbonyl (C=O) groups is 2. The van der Waals surface area contributed by atoms with Crippen LogP contribution >= 0.6 is 0 Å². The minimum absolute atomic E-state index is 0.0865. The van der Waals surface area contributed by atoms with Crippen molar-refractivity contribution < 1.29 is 9.59 Å². The molecule has 1 aliphatic rings. The van der Waals surface area contributed by atoms with Gasteiger partial charge in [0, 0.05) is 17.3 Å². The fraction of sp³-hybridized carbons (Fsp3) is 0. The molecule has 0 saturated heterocycles. The molecule has 19 heavy (non-hydrogen) atoms. The van der Waals surface area contributed by atoms with E-state index in [1.807, 2.05) is 24.3 Å². The van der Waals surface area contributed by atoms with Gasteiger partial charge in [-0.2, -0.15) is 0 Å². The summed E-state index contributed by atoms with van der Waals surface area (Å²) in [6, 6.07) is 13.0. The average Bonchev–Trinajstić information content (AvgIpc) is 2.93. The van der Waals surface area contributed by atoms with Gasteiger partial charge in [0.25, 0.3) is 0 Å². The summed E-state index contributed by atoms with van der Waals surface area (Å²) in [4.78, 5) is 27.6. The summed E-state index contributed by atoms with van der Waals surface area (Å²) < 4.78 is 0. The number of benzene rings is 2. The van der Waals surface area contributed by atoms with E-state index in [1.165, 1.54) is 0 Å². The van der Waals surface area contributed by atoms with Gasteiger partial charge in [-0.15, -0.1) is 0 Å². The largest absolute Gasteiger partial charge is 0.358 e. The number of carbonyl (C=O) groups excluding carboxylic acids is 2. The summed E-state index contributed by atoms with van der Waals surface area (Å²) in [5.74, 6) is -0.197. The Morgan fingerprint density at radius 2 is 1.37 bits per heavy atom. The van der Waals surface area contributed by atoms with Gasteiger partial charge < -0.3 is 4.98 Å². The van der Waals surface area contributed by atoms with Crippen molar-refractivity contribution in [2.75, 3.05) is 0 Å². The van der Waals surface area contributed by atoms with Gasteiger partial charge in [-0.3, -0.25) is 9.59 Å². The number of H-pyrrole nitrogens is 1. The molecule has 0 fully saturated rings. The predicted octanol–water partition coefficient (Wildman–Crippen LogP) is 2.94. The minimum atomic E-state index is -0.111. The van der Waals surface area contributed by atoms with Crippen LogP contribution in [0.15, 0.2) is 48.7 Å². The Bertz CT molecular complexity index is 789. The molecule has 90 valence electrons. The van der Waals surface area contributed by atoms with E-state index in [9.17, 15) is 9.59 Å². The van der Waals surface area contributed by atoms with Crippen molar-refractivity contribution in [2.24, 2.45) is 0 Å². The molecular weight excluding hydrogens is 238 g/mol. The molecule has 1 heterocycles. The summed E-state index contributed by atoms with van der Waals surface area (Å²) in [5, 5.41) is 1.94. The van der Waals surface area contributed by atoms with Crippen LogP contribution in [-0.2, 0) is 0 Å². The highest BCUT2D eigenvalue weighted by Crippen LogP contribution is 2.29. The molecule has 1 aliphatic carbocycles. The van der Waals surface area contributed by atoms with Crippen LogP contribution in [-0.4, -0.2) is 16.6 Å². The summed E-state index contributed by atoms with van der Waals surface area (Å²) in [5.41, 5.74) is 1.84. The Kier molecular flexibility index (Phi) is 1.85. The van der Waals surface area contributed by atoms with Gasteiger partial charge in [0.15, 0.2) is 5.78 Å². The summed E-state index contributed by atoms with van der Waals surface area (Å²) in [7, 11) is 0. The van der Waals surface area contributed by atoms with Crippen LogP contribution in [0.1, 0.15) is 32.0 Å². The molecule has 1 N–H and O–H groups in total. The quantitative estimate of drug-likeness (QED) is 0.519. The third kappa shape index (κ3) is 1.27. The third-order valence-corrected chi connectivity index (χ3v) is 3.59. The maximum absolute atomic E-state index is 12.4. The second kappa shape index (κ2) is 3.42. The highest BCUT2D eigenvalue weighted by Gasteiger charge is 2.30. The van der Waals surface area contributed by atoms with Gasteiger partial charge in [0.05, 0.1) is 11.3 Å². The first-order valence-corrected chi connectivity index (χ1v) is 6.05. The molecule has 2 aromatic carbocycles. The van der Waals surface area contributed by atoms with E-state index >= 15 is 0 Å². The van der Waals surface area contributed by atoms with E-state index in [1.54, 1.807) is 24.4 Å². The monoisotopic (exact) mass is 247 g/mol. The van der Waals surface area contributed by atoms with Crippen molar-refractivity contribution >= 4 is 22.3 Å². The van der Waals surface area contributed by atoms with Crippen LogP contribution < -0.4 is 0 Å². The lowest BCUT2D eigenvalue weighted by molar-refractivity contribution is 0.0977. The van der Waals surface area contributed by atoms with Crippen LogP contribution in [0.4, 0.5) is 0 Å². The molecule has 0 bridgehead atoms. The Balaban J connectivity index is 2.10. The maximum atomic E-state index is 12.4. The first-order valence-electron chi connectivity index (χ1n) is 6.05. The lowest BCUT2D eigenvalue weighted by Gasteiger charge is -2.15. The zero-order valence-electron chi connectivity index (χ0n) is 9.94. The minimum Gasteiger partial charge on any atom is -0.358 e. The number of rotatable bonds is 0. The molecule has 0 atom stereocenters. The molecule has 0 saturated carbocycles. The molecule has 3 nitrogen and oxygen atoms in total. The Morgan fingerprint density at radius 1 is 0.737 bits per heavy atom. The molecule has 4 rings (SSSR count). The van der Waals surface area contributed by atoms with E-state index in [4.69, 9.17) is 0 Å². The van der Waals surface area contributed by atoms with Crippen molar-refractivity contribution in [3.05, 3.63) is 71.0 Å². The van der Waals surface area contributed by atoms with Crippen molar-refractivity contribution in [3.63, 3.8) is 0 Å². The van der Waals surface area contributed by atoms with Gasteiger partial charge in [-0.1, -0.05) is 24.3 Å². The fourth-order valence-electron chi connectivity index (χ4n) is 2.64. The van der Waals surface area contributed by atoms with Crippen molar-refractivity contribution in [1.29, 1.82) is 0 Å². The van der Waals surface area contributed by atoms with Crippen molar-refractivity contribution in [3.8, 4) is 0 Å². The molecule has 3 aromatic rings. The number of nitrogens with one attached hydrogen (secondary N) is 1. The normalized spacial score (nSPS) is 13.5. The van der Waals surface area contributed by atoms with E-state index < -0.39 is 0 Å². The smallest absolute Gasteiger partial charge is 0.210 e. The second-order valence-electron chi connectivity index (χ2n) is 4.67. The Morgan fingerprint density at radius 3 is 2.05 bits per heavy atom. The van der Waals surface area contributed by atoms with Crippen LogP contribution in [0.2, 0.25) is 0 Å². The number of aromatic nitrogens is 1. The van der Waals surface area contributed by atoms with Crippen LogP contribution in [0.25, 0.3) is 10.8 Å². The molecule has 0 amide bonds. The molecule has 1 aromatic heterocycles. The van der Waals surface area contributed by atoms with Gasteiger partial charge in [0.2, 0.25) is 5.78 Å². The van der Waals surface area contributed by atoms with Gasteiger partial charge in [0.1, 0.15) is 0 Å². The van der Waals surface area contributed by atoms with Gasteiger partial charge >= 0.3 is 0 Å². The summed E-state index contributed by atoms with van der Waals surface area (Å²) >= 11 is 0. The standard InChI is InChI=1S/C16H9NO2/c18-15-11-5-6-17-14(11)16(19)13-8-10-4-2-1-3-9(10)7-12(13)15/h1-8,17H. The van der Waals surface area contributed by atoms with Crippen LogP contribution in [0.5, 0.6) is 0 Å². The number of hydrogen-bond acceptors (Lipinski definition) is 2. The molecule has 0 spiro atoms. The topological polar surface area (TPSA) is 49.9 Å². The number of aromatic amines is 1. The second-order valence-corrected chi connectivity index (χ2v) is 4.67. The van der Waals surface area contributed by atoms with Crippen molar-refractivity contribution in [1.82, 2.24) is 4.98 Å². The molecule has 0 aliphatic heterocycles. The number of ketones is 2. The summed E-state index contributed by atoms with van der Waals surface area (Å²) in [6.45, 7) is 0. The lowest BCUT2D eigenvalue weighted by atomic mass is 9.86. The van der Waals surface area contributed by atoms with Gasteiger partial charge in [-0.25, -0.2) is 0 Å². The third-order valence-electron chi connectivity index (χ3n) is 3.59. The summed E-state index contributed by atoms with van der Waals surface area (Å²) in [6.07, 6.45) is 1.63. The molecule has 0 unspecified atom stereocenters. The van der Waals surface area contributed by atoms with E-state index in [2.05, 4.69) is 4.98 Å². The fourth-order valence-corrected chi connectivity index (χ4v) is 2.64. The zero-order valence-corrected chi connectivity index (χ0v) is 9.94. The van der Waals surface area contributed by atoms with E-state index in [-0.39, 0.29) is 11.6 Å². The van der Waals surface area contributed by atoms with Crippen LogP contribution in [0.3, 0.4) is 0 Å². The van der Waals surface area contributed by atoms with Crippen molar-refractivity contribution in [2.45, 2.75) is 0 Å². The Hall–Kier alpha value is -2.68. The maximum Gasteiger partial charge on any atom is 0.210 e. The SMILES string of the molecule is O=C1c2cc3ccccc3cc2C(=O)c2[nH]ccc21. The Labute approximate surface area is 108 Å². The number of fused-ring (bicyclic) bond motifs is 3.